The second-order valence-electron chi connectivity index (χ2n) is 8.48. The molecule has 29 heavy (non-hydrogen) atoms. The van der Waals surface area contributed by atoms with Crippen LogP contribution >= 0.6 is 0 Å². The van der Waals surface area contributed by atoms with E-state index in [0.717, 1.165) is 32.1 Å². The molecule has 1 N–H and O–H groups in total. The van der Waals surface area contributed by atoms with Crippen molar-refractivity contribution in [1.82, 2.24) is 14.5 Å². The van der Waals surface area contributed by atoms with Gasteiger partial charge in [0, 0.05) is 32.0 Å². The zero-order valence-electron chi connectivity index (χ0n) is 17.3. The highest BCUT2D eigenvalue weighted by Gasteiger charge is 2.37. The number of benzene rings is 1. The summed E-state index contributed by atoms with van der Waals surface area (Å²) in [6.45, 7) is 3.24. The lowest BCUT2D eigenvalue weighted by Crippen LogP contribution is -2.42. The highest BCUT2D eigenvalue weighted by atomic mass is 16.3. The molecule has 2 aliphatic rings. The number of carbonyl (C=O) groups excluding carboxylic acids is 1. The molecule has 6 nitrogen and oxygen atoms in total. The van der Waals surface area contributed by atoms with E-state index in [9.17, 15) is 14.7 Å². The third-order valence-electron chi connectivity index (χ3n) is 6.70. The smallest absolute Gasteiger partial charge is 0.315 e. The average molecular weight is 396 g/mol. The molecule has 1 aliphatic heterocycles. The maximum absolute atomic E-state index is 12.6. The van der Waals surface area contributed by atoms with Gasteiger partial charge in [0.05, 0.1) is 0 Å². The normalized spacial score (nSPS) is 18.6. The van der Waals surface area contributed by atoms with Gasteiger partial charge in [-0.05, 0) is 30.4 Å². The summed E-state index contributed by atoms with van der Waals surface area (Å²) in [5, 5.41) is 10.3. The molecule has 0 atom stereocenters. The summed E-state index contributed by atoms with van der Waals surface area (Å²) in [6.07, 6.45) is 7.19. The van der Waals surface area contributed by atoms with E-state index >= 15 is 0 Å². The minimum atomic E-state index is -0.705. The Balaban J connectivity index is 1.83. The number of aromatic hydroxyl groups is 1. The van der Waals surface area contributed by atoms with E-state index in [4.69, 9.17) is 0 Å². The van der Waals surface area contributed by atoms with Crippen LogP contribution in [0.1, 0.15) is 66.5 Å². The summed E-state index contributed by atoms with van der Waals surface area (Å²) in [5.41, 5.74) is 1.90. The first kappa shape index (κ1) is 19.7. The predicted molar refractivity (Wildman–Crippen MR) is 111 cm³/mol. The van der Waals surface area contributed by atoms with Crippen molar-refractivity contribution in [2.75, 3.05) is 13.6 Å². The SMILES string of the molecule is CCc1cccc(C2(Cc3nc(=O)c(O)c4n3CCN(C)C4=O)CCCCC2)c1. The molecule has 4 rings (SSSR count). The Morgan fingerprint density at radius 1 is 1.14 bits per heavy atom. The first-order chi connectivity index (χ1) is 13.9. The molecule has 1 aliphatic carbocycles. The van der Waals surface area contributed by atoms with Crippen LogP contribution in [0.15, 0.2) is 29.1 Å². The molecule has 154 valence electrons. The van der Waals surface area contributed by atoms with Gasteiger partial charge in [0.25, 0.3) is 5.91 Å². The van der Waals surface area contributed by atoms with Crippen molar-refractivity contribution >= 4 is 5.91 Å². The van der Waals surface area contributed by atoms with Crippen molar-refractivity contribution in [2.24, 2.45) is 0 Å². The quantitative estimate of drug-likeness (QED) is 0.863. The molecule has 0 unspecified atom stereocenters. The van der Waals surface area contributed by atoms with Crippen molar-refractivity contribution in [1.29, 1.82) is 0 Å². The fraction of sp³-hybridized carbons (Fsp3) is 0.522. The van der Waals surface area contributed by atoms with Crippen LogP contribution in [0.2, 0.25) is 0 Å². The molecule has 6 heteroatoms. The highest BCUT2D eigenvalue weighted by molar-refractivity contribution is 5.95. The highest BCUT2D eigenvalue weighted by Crippen LogP contribution is 2.42. The molecular weight excluding hydrogens is 366 g/mol. The van der Waals surface area contributed by atoms with Crippen molar-refractivity contribution in [2.45, 2.75) is 63.8 Å². The second-order valence-corrected chi connectivity index (χ2v) is 8.48. The Labute approximate surface area is 171 Å². The summed E-state index contributed by atoms with van der Waals surface area (Å²) < 4.78 is 1.78. The topological polar surface area (TPSA) is 75.4 Å². The molecule has 1 aromatic carbocycles. The van der Waals surface area contributed by atoms with Crippen LogP contribution in [0, 0.1) is 0 Å². The lowest BCUT2D eigenvalue weighted by atomic mass is 9.67. The Morgan fingerprint density at radius 3 is 2.62 bits per heavy atom. The van der Waals surface area contributed by atoms with E-state index in [1.165, 1.54) is 17.5 Å². The first-order valence-electron chi connectivity index (χ1n) is 10.6. The van der Waals surface area contributed by atoms with Gasteiger partial charge in [-0.25, -0.2) is 0 Å². The number of fused-ring (bicyclic) bond motifs is 1. The molecule has 1 amide bonds. The van der Waals surface area contributed by atoms with E-state index in [1.54, 1.807) is 16.5 Å². The number of rotatable bonds is 4. The van der Waals surface area contributed by atoms with Crippen molar-refractivity contribution in [3.05, 3.63) is 57.3 Å². The molecule has 1 fully saturated rings. The minimum absolute atomic E-state index is 0.0852. The van der Waals surface area contributed by atoms with Gasteiger partial charge in [-0.3, -0.25) is 9.59 Å². The van der Waals surface area contributed by atoms with Crippen molar-refractivity contribution in [3.8, 4) is 5.75 Å². The van der Waals surface area contributed by atoms with Crippen molar-refractivity contribution < 1.29 is 9.90 Å². The molecule has 1 saturated carbocycles. The number of aromatic nitrogens is 2. The summed E-state index contributed by atoms with van der Waals surface area (Å²) in [4.78, 5) is 30.8. The predicted octanol–water partition coefficient (Wildman–Crippen LogP) is 3.04. The zero-order valence-corrected chi connectivity index (χ0v) is 17.3. The molecular formula is C23H29N3O3. The second kappa shape index (κ2) is 7.65. The van der Waals surface area contributed by atoms with Gasteiger partial charge in [-0.1, -0.05) is 50.5 Å². The standard InChI is InChI=1S/C23H29N3O3/c1-3-16-8-7-9-17(14-16)23(10-5-4-6-11-23)15-18-24-21(28)20(27)19-22(29)25(2)12-13-26(18)19/h7-9,14,27H,3-6,10-13,15H2,1-2H3. The minimum Gasteiger partial charge on any atom is -0.501 e. The van der Waals surface area contributed by atoms with E-state index < -0.39 is 11.3 Å². The zero-order chi connectivity index (χ0) is 20.6. The summed E-state index contributed by atoms with van der Waals surface area (Å²) in [6, 6.07) is 8.76. The van der Waals surface area contributed by atoms with E-state index in [2.05, 4.69) is 36.2 Å². The number of amides is 1. The van der Waals surface area contributed by atoms with Crippen LogP contribution in [-0.4, -0.2) is 39.1 Å². The summed E-state index contributed by atoms with van der Waals surface area (Å²) in [5.74, 6) is -0.232. The summed E-state index contributed by atoms with van der Waals surface area (Å²) in [7, 11) is 1.69. The molecule has 2 heterocycles. The van der Waals surface area contributed by atoms with Gasteiger partial charge in [0.1, 0.15) is 5.82 Å². The number of carbonyl (C=O) groups is 1. The number of aryl methyl sites for hydroxylation is 1. The number of hydrogen-bond donors (Lipinski definition) is 1. The van der Waals surface area contributed by atoms with Crippen LogP contribution < -0.4 is 5.56 Å². The van der Waals surface area contributed by atoms with E-state index in [0.29, 0.717) is 25.3 Å². The molecule has 0 radical (unpaired) electrons. The van der Waals surface area contributed by atoms with Gasteiger partial charge in [-0.15, -0.1) is 0 Å². The largest absolute Gasteiger partial charge is 0.501 e. The molecule has 2 aromatic rings. The van der Waals surface area contributed by atoms with E-state index in [1.807, 2.05) is 0 Å². The fourth-order valence-electron chi connectivity index (χ4n) is 4.93. The van der Waals surface area contributed by atoms with Crippen LogP contribution in [-0.2, 0) is 24.8 Å². The molecule has 1 aromatic heterocycles. The van der Waals surface area contributed by atoms with Gasteiger partial charge in [0.15, 0.2) is 5.69 Å². The lowest BCUT2D eigenvalue weighted by molar-refractivity contribution is 0.0737. The Kier molecular flexibility index (Phi) is 5.19. The molecule has 0 saturated heterocycles. The number of likely N-dealkylation sites (N-methyl/N-ethyl adjacent to an activating group) is 1. The lowest BCUT2D eigenvalue weighted by Gasteiger charge is -2.39. The average Bonchev–Trinajstić information content (AvgIpc) is 2.74. The maximum Gasteiger partial charge on any atom is 0.315 e. The van der Waals surface area contributed by atoms with E-state index in [-0.39, 0.29) is 17.0 Å². The molecule has 0 bridgehead atoms. The summed E-state index contributed by atoms with van der Waals surface area (Å²) >= 11 is 0. The van der Waals surface area contributed by atoms with Gasteiger partial charge < -0.3 is 14.6 Å². The van der Waals surface area contributed by atoms with Crippen LogP contribution in [0.5, 0.6) is 5.75 Å². The Bertz CT molecular complexity index is 989. The Morgan fingerprint density at radius 2 is 1.90 bits per heavy atom. The molecule has 0 spiro atoms. The van der Waals surface area contributed by atoms with Gasteiger partial charge >= 0.3 is 5.56 Å². The van der Waals surface area contributed by atoms with Gasteiger partial charge in [-0.2, -0.15) is 4.98 Å². The van der Waals surface area contributed by atoms with Gasteiger partial charge in [0.2, 0.25) is 5.75 Å². The Hall–Kier alpha value is -2.63. The first-order valence-corrected chi connectivity index (χ1v) is 10.6. The fourth-order valence-corrected chi connectivity index (χ4v) is 4.93. The third kappa shape index (κ3) is 3.45. The number of nitrogens with zero attached hydrogens (tertiary/aromatic N) is 3. The van der Waals surface area contributed by atoms with Crippen LogP contribution in [0.3, 0.4) is 0 Å². The van der Waals surface area contributed by atoms with Crippen molar-refractivity contribution in [3.63, 3.8) is 0 Å². The third-order valence-corrected chi connectivity index (χ3v) is 6.70. The number of hydrogen-bond acceptors (Lipinski definition) is 4. The maximum atomic E-state index is 12.6. The van der Waals surface area contributed by atoms with Crippen LogP contribution in [0.4, 0.5) is 0 Å². The van der Waals surface area contributed by atoms with Crippen LogP contribution in [0.25, 0.3) is 0 Å². The monoisotopic (exact) mass is 395 g/mol.